The van der Waals surface area contributed by atoms with E-state index in [1.807, 2.05) is 56.5 Å². The number of carbonyl (C=O) groups excluding carboxylic acids is 3. The molecule has 2 heterocycles. The molecule has 8 nitrogen and oxygen atoms in total. The van der Waals surface area contributed by atoms with Gasteiger partial charge in [0.2, 0.25) is 11.8 Å². The maximum Gasteiger partial charge on any atom is 0.410 e. The van der Waals surface area contributed by atoms with E-state index in [4.69, 9.17) is 4.74 Å². The third-order valence-corrected chi connectivity index (χ3v) is 5.93. The number of rotatable bonds is 5. The van der Waals surface area contributed by atoms with Crippen LogP contribution in [0.15, 0.2) is 35.7 Å². The van der Waals surface area contributed by atoms with Crippen molar-refractivity contribution in [3.8, 4) is 10.6 Å². The van der Waals surface area contributed by atoms with Crippen LogP contribution in [0.4, 0.5) is 4.79 Å². The van der Waals surface area contributed by atoms with Crippen molar-refractivity contribution in [1.82, 2.24) is 19.7 Å². The molecule has 0 unspecified atom stereocenters. The van der Waals surface area contributed by atoms with Crippen LogP contribution in [0, 0.1) is 0 Å². The van der Waals surface area contributed by atoms with E-state index in [2.05, 4.69) is 4.98 Å². The third kappa shape index (κ3) is 6.53. The Morgan fingerprint density at radius 3 is 2.31 bits per heavy atom. The van der Waals surface area contributed by atoms with Crippen molar-refractivity contribution in [2.45, 2.75) is 32.8 Å². The fourth-order valence-electron chi connectivity index (χ4n) is 3.25. The Labute approximate surface area is 192 Å². The minimum atomic E-state index is -0.549. The minimum absolute atomic E-state index is 0.000943. The van der Waals surface area contributed by atoms with Crippen LogP contribution in [-0.2, 0) is 20.7 Å². The zero-order valence-corrected chi connectivity index (χ0v) is 19.9. The molecular weight excluding hydrogens is 428 g/mol. The molecule has 0 N–H and O–H groups in total. The average molecular weight is 459 g/mol. The molecule has 9 heteroatoms. The molecule has 0 bridgehead atoms. The lowest BCUT2D eigenvalue weighted by atomic mass is 10.2. The molecule has 0 saturated carbocycles. The highest BCUT2D eigenvalue weighted by atomic mass is 32.1. The first kappa shape index (κ1) is 23.7. The number of amides is 3. The van der Waals surface area contributed by atoms with Gasteiger partial charge in [-0.3, -0.25) is 9.59 Å². The van der Waals surface area contributed by atoms with Crippen molar-refractivity contribution >= 4 is 29.2 Å². The molecule has 1 saturated heterocycles. The van der Waals surface area contributed by atoms with Crippen LogP contribution in [0.5, 0.6) is 0 Å². The quantitative estimate of drug-likeness (QED) is 0.688. The van der Waals surface area contributed by atoms with Gasteiger partial charge < -0.3 is 19.4 Å². The number of aromatic nitrogens is 1. The number of thiazole rings is 1. The second-order valence-corrected chi connectivity index (χ2v) is 9.64. The Hall–Kier alpha value is -2.94. The van der Waals surface area contributed by atoms with E-state index in [-0.39, 0.29) is 30.9 Å². The van der Waals surface area contributed by atoms with Gasteiger partial charge >= 0.3 is 6.09 Å². The van der Waals surface area contributed by atoms with Crippen LogP contribution in [0.3, 0.4) is 0 Å². The maximum absolute atomic E-state index is 12.6. The molecule has 0 aliphatic carbocycles. The molecule has 3 amide bonds. The number of carbonyl (C=O) groups is 3. The second kappa shape index (κ2) is 10.1. The Morgan fingerprint density at radius 2 is 1.69 bits per heavy atom. The molecule has 1 fully saturated rings. The topological polar surface area (TPSA) is 83.0 Å². The van der Waals surface area contributed by atoms with Crippen LogP contribution in [0.2, 0.25) is 0 Å². The highest BCUT2D eigenvalue weighted by molar-refractivity contribution is 7.13. The standard InChI is InChI=1S/C23H30N4O4S/c1-23(2,3)31-22(30)27-12-10-26(11-13-27)20(29)15-25(4)19(28)14-18-16-32-21(24-18)17-8-6-5-7-9-17/h5-9,16H,10-15H2,1-4H3. The van der Waals surface area contributed by atoms with Gasteiger partial charge in [0.15, 0.2) is 0 Å². The Balaban J connectivity index is 1.46. The molecule has 1 aliphatic rings. The van der Waals surface area contributed by atoms with Crippen molar-refractivity contribution in [3.05, 3.63) is 41.4 Å². The van der Waals surface area contributed by atoms with Gasteiger partial charge in [-0.25, -0.2) is 9.78 Å². The largest absolute Gasteiger partial charge is 0.444 e. The number of benzene rings is 1. The smallest absolute Gasteiger partial charge is 0.410 e. The third-order valence-electron chi connectivity index (χ3n) is 4.99. The first-order valence-corrected chi connectivity index (χ1v) is 11.5. The summed E-state index contributed by atoms with van der Waals surface area (Å²) in [6.45, 7) is 7.15. The Kier molecular flexibility index (Phi) is 7.50. The lowest BCUT2D eigenvalue weighted by Crippen LogP contribution is -2.53. The molecule has 1 aromatic heterocycles. The van der Waals surface area contributed by atoms with Gasteiger partial charge in [0.05, 0.1) is 18.7 Å². The average Bonchev–Trinajstić information content (AvgIpc) is 3.21. The molecule has 0 spiro atoms. The lowest BCUT2D eigenvalue weighted by molar-refractivity contribution is -0.140. The van der Waals surface area contributed by atoms with Gasteiger partial charge in [0, 0.05) is 44.2 Å². The molecule has 1 aliphatic heterocycles. The molecule has 32 heavy (non-hydrogen) atoms. The Morgan fingerprint density at radius 1 is 1.06 bits per heavy atom. The highest BCUT2D eigenvalue weighted by Crippen LogP contribution is 2.23. The number of hydrogen-bond acceptors (Lipinski definition) is 6. The second-order valence-electron chi connectivity index (χ2n) is 8.78. The maximum atomic E-state index is 12.6. The van der Waals surface area contributed by atoms with Gasteiger partial charge in [0.1, 0.15) is 10.6 Å². The molecule has 172 valence electrons. The van der Waals surface area contributed by atoms with E-state index < -0.39 is 5.60 Å². The van der Waals surface area contributed by atoms with E-state index >= 15 is 0 Å². The monoisotopic (exact) mass is 458 g/mol. The number of ether oxygens (including phenoxy) is 1. The summed E-state index contributed by atoms with van der Waals surface area (Å²) in [6, 6.07) is 9.82. The summed E-state index contributed by atoms with van der Waals surface area (Å²) in [7, 11) is 1.63. The zero-order valence-electron chi connectivity index (χ0n) is 19.0. The SMILES string of the molecule is CN(CC(=O)N1CCN(C(=O)OC(C)(C)C)CC1)C(=O)Cc1csc(-c2ccccc2)n1. The summed E-state index contributed by atoms with van der Waals surface area (Å²) >= 11 is 1.50. The summed E-state index contributed by atoms with van der Waals surface area (Å²) in [6.07, 6.45) is -0.213. The van der Waals surface area contributed by atoms with E-state index in [1.54, 1.807) is 16.8 Å². The van der Waals surface area contributed by atoms with Crippen LogP contribution in [0.1, 0.15) is 26.5 Å². The van der Waals surface area contributed by atoms with Crippen molar-refractivity contribution in [3.63, 3.8) is 0 Å². The van der Waals surface area contributed by atoms with Crippen LogP contribution >= 0.6 is 11.3 Å². The normalized spacial score (nSPS) is 14.2. The summed E-state index contributed by atoms with van der Waals surface area (Å²) in [5.74, 6) is -0.288. The summed E-state index contributed by atoms with van der Waals surface area (Å²) in [4.78, 5) is 46.7. The van der Waals surface area contributed by atoms with Crippen LogP contribution < -0.4 is 0 Å². The first-order valence-electron chi connectivity index (χ1n) is 10.6. The van der Waals surface area contributed by atoms with E-state index in [1.165, 1.54) is 16.2 Å². The fourth-order valence-corrected chi connectivity index (χ4v) is 4.07. The molecule has 2 aromatic rings. The molecule has 3 rings (SSSR count). The van der Waals surface area contributed by atoms with Gasteiger partial charge in [0.25, 0.3) is 0 Å². The summed E-state index contributed by atoms with van der Waals surface area (Å²) in [5, 5.41) is 2.75. The van der Waals surface area contributed by atoms with E-state index in [0.717, 1.165) is 10.6 Å². The first-order chi connectivity index (χ1) is 15.1. The number of nitrogens with zero attached hydrogens (tertiary/aromatic N) is 4. The van der Waals surface area contributed by atoms with Gasteiger partial charge in [-0.2, -0.15) is 0 Å². The number of likely N-dealkylation sites (N-methyl/N-ethyl adjacent to an activating group) is 1. The number of hydrogen-bond donors (Lipinski definition) is 0. The molecule has 1 aromatic carbocycles. The van der Waals surface area contributed by atoms with Crippen molar-refractivity contribution < 1.29 is 19.1 Å². The van der Waals surface area contributed by atoms with Crippen LogP contribution in [0.25, 0.3) is 10.6 Å². The highest BCUT2D eigenvalue weighted by Gasteiger charge is 2.28. The van der Waals surface area contributed by atoms with Gasteiger partial charge in [-0.15, -0.1) is 11.3 Å². The minimum Gasteiger partial charge on any atom is -0.444 e. The van der Waals surface area contributed by atoms with Crippen LogP contribution in [-0.4, -0.2) is 83.0 Å². The zero-order chi connectivity index (χ0) is 23.3. The van der Waals surface area contributed by atoms with Crippen molar-refractivity contribution in [2.24, 2.45) is 0 Å². The predicted molar refractivity (Wildman–Crippen MR) is 123 cm³/mol. The number of piperazine rings is 1. The van der Waals surface area contributed by atoms with E-state index in [9.17, 15) is 14.4 Å². The van der Waals surface area contributed by atoms with E-state index in [0.29, 0.717) is 31.9 Å². The summed E-state index contributed by atoms with van der Waals surface area (Å²) < 4.78 is 5.38. The Bertz CT molecular complexity index is 946. The van der Waals surface area contributed by atoms with Crippen molar-refractivity contribution in [1.29, 1.82) is 0 Å². The molecule has 0 atom stereocenters. The van der Waals surface area contributed by atoms with Crippen molar-refractivity contribution in [2.75, 3.05) is 39.8 Å². The van der Waals surface area contributed by atoms with Gasteiger partial charge in [-0.1, -0.05) is 30.3 Å². The van der Waals surface area contributed by atoms with Gasteiger partial charge in [-0.05, 0) is 20.8 Å². The molecular formula is C23H30N4O4S. The fraction of sp³-hybridized carbons (Fsp3) is 0.478. The summed E-state index contributed by atoms with van der Waals surface area (Å²) in [5.41, 5.74) is 1.17. The molecule has 0 radical (unpaired) electrons. The predicted octanol–water partition coefficient (Wildman–Crippen LogP) is 2.89. The lowest BCUT2D eigenvalue weighted by Gasteiger charge is -2.36.